The Morgan fingerprint density at radius 2 is 0.677 bits per heavy atom. The Morgan fingerprint density at radius 1 is 0.415 bits per heavy atom. The Kier molecular flexibility index (Phi) is 42.8. The minimum Gasteiger partial charge on any atom is -0.550 e. The summed E-state index contributed by atoms with van der Waals surface area (Å²) in [7, 11) is 0. The third-order valence-corrected chi connectivity index (χ3v) is 11.7. The third kappa shape index (κ3) is 40.6. The number of hydrogen-bond donors (Lipinski definition) is 0. The predicted molar refractivity (Wildman–Crippen MR) is 258 cm³/mol. The Bertz CT molecular complexity index is 1320. The zero-order valence-electron chi connectivity index (χ0n) is 41.1. The zero-order valence-corrected chi connectivity index (χ0v) is 45.5. The smallest absolute Gasteiger partial charge is 0.550 e. The van der Waals surface area contributed by atoms with E-state index in [9.17, 15) is 29.4 Å². The molecule has 11 heteroatoms. The summed E-state index contributed by atoms with van der Waals surface area (Å²) in [6, 6.07) is 20.6. The first kappa shape index (κ1) is 62.8. The second-order valence-electron chi connectivity index (χ2n) is 17.5. The summed E-state index contributed by atoms with van der Waals surface area (Å²) in [5.74, 6) is -2.31. The third-order valence-electron chi connectivity index (χ3n) is 11.7. The van der Waals surface area contributed by atoms with Crippen LogP contribution in [0.15, 0.2) is 60.7 Å². The summed E-state index contributed by atoms with van der Waals surface area (Å²) in [6.45, 7) is 8.67. The molecule has 0 aliphatic carbocycles. The van der Waals surface area contributed by atoms with Gasteiger partial charge >= 0.3 is 60.8 Å². The maximum atomic E-state index is 11.4. The largest absolute Gasteiger partial charge is 2.00 e. The molecular formula is C54H86BaO10. The Balaban J connectivity index is 0.00000124. The first-order chi connectivity index (χ1) is 31.0. The second-order valence-corrected chi connectivity index (χ2v) is 17.5. The van der Waals surface area contributed by atoms with Gasteiger partial charge in [0.25, 0.3) is 0 Å². The molecule has 364 valence electrons. The number of rotatable bonds is 40. The molecule has 0 saturated carbocycles. The van der Waals surface area contributed by atoms with Gasteiger partial charge in [-0.2, -0.15) is 0 Å². The molecule has 0 aliphatic heterocycles. The van der Waals surface area contributed by atoms with Gasteiger partial charge in [-0.15, -0.1) is 0 Å². The summed E-state index contributed by atoms with van der Waals surface area (Å²) in [6.07, 6.45) is 27.3. The van der Waals surface area contributed by atoms with Gasteiger partial charge in [0, 0.05) is 25.8 Å². The summed E-state index contributed by atoms with van der Waals surface area (Å²) >= 11 is 0. The summed E-state index contributed by atoms with van der Waals surface area (Å²) in [5, 5.41) is 20.8. The van der Waals surface area contributed by atoms with Crippen LogP contribution in [0.2, 0.25) is 0 Å². The van der Waals surface area contributed by atoms with E-state index in [1.54, 1.807) is 0 Å². The van der Waals surface area contributed by atoms with E-state index in [1.807, 2.05) is 36.4 Å². The van der Waals surface area contributed by atoms with Crippen molar-refractivity contribution in [1.29, 1.82) is 0 Å². The average molecular weight is 1030 g/mol. The van der Waals surface area contributed by atoms with Crippen molar-refractivity contribution >= 4 is 72.8 Å². The monoisotopic (exact) mass is 1030 g/mol. The molecule has 10 nitrogen and oxygen atoms in total. The van der Waals surface area contributed by atoms with E-state index >= 15 is 0 Å². The molecule has 0 fully saturated rings. The molecule has 2 rings (SSSR count). The Labute approximate surface area is 434 Å². The molecule has 2 aromatic rings. The van der Waals surface area contributed by atoms with Gasteiger partial charge in [0.15, 0.2) is 0 Å². The van der Waals surface area contributed by atoms with Crippen LogP contribution in [0, 0.1) is 0 Å². The quantitative estimate of drug-likeness (QED) is 0.0358. The van der Waals surface area contributed by atoms with Crippen LogP contribution in [0.3, 0.4) is 0 Å². The molecule has 0 amide bonds. The van der Waals surface area contributed by atoms with Crippen LogP contribution in [0.4, 0.5) is 0 Å². The second kappa shape index (κ2) is 44.3. The van der Waals surface area contributed by atoms with Crippen molar-refractivity contribution in [1.82, 2.24) is 0 Å². The molecule has 65 heavy (non-hydrogen) atoms. The van der Waals surface area contributed by atoms with Gasteiger partial charge in [0.05, 0.1) is 25.4 Å². The number of carboxylic acids is 2. The van der Waals surface area contributed by atoms with Crippen molar-refractivity contribution in [2.45, 2.75) is 245 Å². The molecule has 0 radical (unpaired) electrons. The van der Waals surface area contributed by atoms with Gasteiger partial charge in [-0.25, -0.2) is 0 Å². The van der Waals surface area contributed by atoms with Crippen molar-refractivity contribution < 1.29 is 48.3 Å². The Morgan fingerprint density at radius 3 is 0.954 bits per heavy atom. The van der Waals surface area contributed by atoms with Crippen molar-refractivity contribution in [2.75, 3.05) is 0 Å². The van der Waals surface area contributed by atoms with E-state index in [0.29, 0.717) is 38.3 Å². The van der Waals surface area contributed by atoms with E-state index in [2.05, 4.69) is 38.1 Å². The SMILES string of the molecule is CCC(CCCCCC(CCCCCCCCC(=O)[O-])OC(C)=O)OCc1ccccc1.CCC(CCCCCC(CCCCCCCCC(=O)[O-])OC(C)=O)OCc1ccccc1.[Ba+2]. The fraction of sp³-hybridized carbons (Fsp3) is 0.704. The molecule has 2 aromatic carbocycles. The van der Waals surface area contributed by atoms with E-state index in [-0.39, 0.29) is 85.9 Å². The van der Waals surface area contributed by atoms with Gasteiger partial charge in [-0.1, -0.05) is 152 Å². The van der Waals surface area contributed by atoms with Gasteiger partial charge in [-0.3, -0.25) is 9.59 Å². The maximum Gasteiger partial charge on any atom is 2.00 e. The summed E-state index contributed by atoms with van der Waals surface area (Å²) in [4.78, 5) is 43.7. The van der Waals surface area contributed by atoms with Crippen LogP contribution in [-0.2, 0) is 51.3 Å². The molecule has 0 aliphatic rings. The molecule has 0 spiro atoms. The number of esters is 2. The number of ether oxygens (including phenoxy) is 4. The van der Waals surface area contributed by atoms with Gasteiger partial charge < -0.3 is 38.7 Å². The number of aliphatic carboxylic acids is 2. The van der Waals surface area contributed by atoms with Crippen LogP contribution >= 0.6 is 0 Å². The molecule has 0 N–H and O–H groups in total. The fourth-order valence-electron chi connectivity index (χ4n) is 7.92. The topological polar surface area (TPSA) is 151 Å². The normalized spacial score (nSPS) is 12.7. The van der Waals surface area contributed by atoms with E-state index in [4.69, 9.17) is 18.9 Å². The van der Waals surface area contributed by atoms with Crippen molar-refractivity contribution in [2.24, 2.45) is 0 Å². The van der Waals surface area contributed by atoms with E-state index in [1.165, 1.54) is 25.0 Å². The van der Waals surface area contributed by atoms with Crippen LogP contribution in [-0.4, -0.2) is 97.2 Å². The summed E-state index contributed by atoms with van der Waals surface area (Å²) < 4.78 is 23.2. The van der Waals surface area contributed by atoms with Crippen LogP contribution in [0.5, 0.6) is 0 Å². The van der Waals surface area contributed by atoms with Crippen LogP contribution in [0.1, 0.15) is 219 Å². The molecule has 0 heterocycles. The first-order valence-electron chi connectivity index (χ1n) is 25.1. The average Bonchev–Trinajstić information content (AvgIpc) is 3.27. The first-order valence-corrected chi connectivity index (χ1v) is 25.1. The van der Waals surface area contributed by atoms with Gasteiger partial charge in [0.1, 0.15) is 12.2 Å². The maximum absolute atomic E-state index is 11.4. The Hall–Kier alpha value is -2.19. The summed E-state index contributed by atoms with van der Waals surface area (Å²) in [5.41, 5.74) is 2.43. The van der Waals surface area contributed by atoms with Crippen molar-refractivity contribution in [3.05, 3.63) is 71.8 Å². The van der Waals surface area contributed by atoms with Crippen LogP contribution < -0.4 is 10.2 Å². The number of carbonyl (C=O) groups is 4. The van der Waals surface area contributed by atoms with E-state index < -0.39 is 11.9 Å². The van der Waals surface area contributed by atoms with Gasteiger partial charge in [0.2, 0.25) is 0 Å². The fourth-order valence-corrected chi connectivity index (χ4v) is 7.92. The van der Waals surface area contributed by atoms with Crippen LogP contribution in [0.25, 0.3) is 0 Å². The standard InChI is InChI=1S/2C27H44O5.Ba/c2*1-3-25(31-22-24-16-10-8-11-17-24)18-13-9-14-20-26(32-23(2)28)19-12-6-4-5-7-15-21-27(29)30;/h2*8,10-11,16-17,25-26H,3-7,9,12-15,18-22H2,1-2H3,(H,29,30);/q;;+2/p-2. The minimum atomic E-state index is -0.959. The van der Waals surface area contributed by atoms with Gasteiger partial charge in [-0.05, 0) is 114 Å². The molecular weight excluding hydrogens is 946 g/mol. The number of unbranched alkanes of at least 4 members (excludes halogenated alkanes) is 14. The molecule has 4 unspecified atom stereocenters. The number of hydrogen-bond acceptors (Lipinski definition) is 10. The van der Waals surface area contributed by atoms with E-state index in [0.717, 1.165) is 154 Å². The van der Waals surface area contributed by atoms with Crippen molar-refractivity contribution in [3.8, 4) is 0 Å². The molecule has 0 saturated heterocycles. The predicted octanol–water partition coefficient (Wildman–Crippen LogP) is 11.1. The zero-order chi connectivity index (χ0) is 46.9. The number of benzene rings is 2. The minimum absolute atomic E-state index is 0. The number of carbonyl (C=O) groups excluding carboxylic acids is 4. The molecule has 0 aromatic heterocycles. The molecule has 0 bridgehead atoms. The molecule has 4 atom stereocenters. The van der Waals surface area contributed by atoms with Crippen molar-refractivity contribution in [3.63, 3.8) is 0 Å². The number of carboxylic acid groups (broad SMARTS) is 2.